The minimum absolute atomic E-state index is 0.238. The molecule has 1 aromatic heterocycles. The molecule has 1 fully saturated rings. The highest BCUT2D eigenvalue weighted by Crippen LogP contribution is 2.35. The van der Waals surface area contributed by atoms with Gasteiger partial charge in [-0.05, 0) is 59.2 Å². The number of ether oxygens (including phenoxy) is 1. The molecule has 0 unspecified atom stereocenters. The van der Waals surface area contributed by atoms with Crippen LogP contribution in [0, 0.1) is 0 Å². The summed E-state index contributed by atoms with van der Waals surface area (Å²) in [5.74, 6) is -0.238. The zero-order valence-electron chi connectivity index (χ0n) is 23.7. The third-order valence-corrected chi connectivity index (χ3v) is 8.34. The quantitative estimate of drug-likeness (QED) is 0.209. The number of quaternary nitrogens is 1. The van der Waals surface area contributed by atoms with Crippen molar-refractivity contribution in [3.05, 3.63) is 119 Å². The van der Waals surface area contributed by atoms with Gasteiger partial charge >= 0.3 is 6.36 Å². The average Bonchev–Trinajstić information content (AvgIpc) is 3.38. The van der Waals surface area contributed by atoms with E-state index in [2.05, 4.69) is 73.5 Å². The van der Waals surface area contributed by atoms with Crippen molar-refractivity contribution in [3.8, 4) is 22.6 Å². The van der Waals surface area contributed by atoms with Crippen molar-refractivity contribution in [2.24, 2.45) is 0 Å². The Bertz CT molecular complexity index is 1710. The van der Waals surface area contributed by atoms with Gasteiger partial charge in [-0.25, -0.2) is 0 Å². The molecule has 222 valence electrons. The number of alkyl halides is 3. The van der Waals surface area contributed by atoms with Crippen molar-refractivity contribution < 1.29 is 23.6 Å². The lowest BCUT2D eigenvalue weighted by Crippen LogP contribution is -2.47. The van der Waals surface area contributed by atoms with Crippen LogP contribution in [0.15, 0.2) is 97.2 Å². The lowest BCUT2D eigenvalue weighted by atomic mass is 10.0. The van der Waals surface area contributed by atoms with E-state index in [1.807, 2.05) is 24.3 Å². The zero-order valence-corrected chi connectivity index (χ0v) is 24.4. The van der Waals surface area contributed by atoms with Crippen LogP contribution in [-0.2, 0) is 19.6 Å². The van der Waals surface area contributed by atoms with Gasteiger partial charge in [0.15, 0.2) is 0 Å². The molecule has 3 N–H and O–H groups in total. The molecule has 9 heteroatoms. The number of hydrogen-bond donors (Lipinski definition) is 1. The van der Waals surface area contributed by atoms with E-state index in [-0.39, 0.29) is 5.75 Å². The molecule has 0 radical (unpaired) electrons. The van der Waals surface area contributed by atoms with E-state index in [0.717, 1.165) is 83.1 Å². The summed E-state index contributed by atoms with van der Waals surface area (Å²) in [4.78, 5) is 4.90. The summed E-state index contributed by atoms with van der Waals surface area (Å²) in [5, 5.41) is 1.85. The highest BCUT2D eigenvalue weighted by atomic mass is 35.5. The van der Waals surface area contributed by atoms with E-state index in [1.54, 1.807) is 12.1 Å². The predicted octanol–water partition coefficient (Wildman–Crippen LogP) is 6.91. The van der Waals surface area contributed by atoms with Crippen molar-refractivity contribution in [2.45, 2.75) is 26.0 Å². The minimum Gasteiger partial charge on any atom is -0.406 e. The van der Waals surface area contributed by atoms with Crippen LogP contribution in [0.5, 0.6) is 5.75 Å². The molecule has 43 heavy (non-hydrogen) atoms. The first-order valence-electron chi connectivity index (χ1n) is 14.3. The standard InChI is InChI=1S/C34H32ClF3N4O/c35-32-7-2-1-5-27(32)22-41-16-14-40(15-17-41)21-25-8-13-33-30(19-25)31(23-42(33)28-6-3-4-24(18-28)20-39)26-9-11-29(12-10-26)43-34(36,37)38/h1-13,18-19,23H,14-17,20-22,39H2/p+1. The Balaban J connectivity index is 1.26. The molecular formula is C34H33ClF3N4O+. The number of hydrogen-bond acceptors (Lipinski definition) is 3. The molecule has 0 bridgehead atoms. The highest BCUT2D eigenvalue weighted by molar-refractivity contribution is 6.31. The molecule has 0 aliphatic carbocycles. The third-order valence-electron chi connectivity index (χ3n) is 7.97. The Morgan fingerprint density at radius 3 is 2.19 bits per heavy atom. The van der Waals surface area contributed by atoms with Crippen LogP contribution in [0.4, 0.5) is 13.2 Å². The summed E-state index contributed by atoms with van der Waals surface area (Å²) in [7, 11) is 0. The summed E-state index contributed by atoms with van der Waals surface area (Å²) in [6, 6.07) is 28.8. The van der Waals surface area contributed by atoms with Crippen LogP contribution in [0.2, 0.25) is 5.02 Å². The van der Waals surface area contributed by atoms with Gasteiger partial charge in [-0.2, -0.15) is 0 Å². The second kappa shape index (κ2) is 12.4. The van der Waals surface area contributed by atoms with E-state index >= 15 is 0 Å². The Kier molecular flexibility index (Phi) is 8.45. The van der Waals surface area contributed by atoms with Gasteiger partial charge in [-0.1, -0.05) is 60.1 Å². The number of rotatable bonds is 8. The number of piperazine rings is 1. The van der Waals surface area contributed by atoms with E-state index in [0.29, 0.717) is 6.54 Å². The number of aromatic nitrogens is 1. The van der Waals surface area contributed by atoms with Crippen LogP contribution < -0.4 is 10.5 Å². The molecule has 2 heterocycles. The summed E-state index contributed by atoms with van der Waals surface area (Å²) in [5.41, 5.74) is 11.3. The number of benzene rings is 4. The molecule has 0 spiro atoms. The van der Waals surface area contributed by atoms with E-state index in [9.17, 15) is 13.2 Å². The molecule has 5 aromatic rings. The normalized spacial score (nSPS) is 14.8. The molecule has 4 aromatic carbocycles. The first-order chi connectivity index (χ1) is 20.8. The number of nitrogens with zero attached hydrogens (tertiary/aromatic N) is 3. The van der Waals surface area contributed by atoms with Crippen LogP contribution >= 0.6 is 11.6 Å². The Labute approximate surface area is 253 Å². The van der Waals surface area contributed by atoms with Crippen molar-refractivity contribution in [3.63, 3.8) is 0 Å². The Hall–Kier alpha value is -3.82. The maximum absolute atomic E-state index is 12.8. The summed E-state index contributed by atoms with van der Waals surface area (Å²) in [6.07, 6.45) is -2.67. The van der Waals surface area contributed by atoms with E-state index in [4.69, 9.17) is 11.6 Å². The van der Waals surface area contributed by atoms with Crippen LogP contribution in [0.1, 0.15) is 16.7 Å². The van der Waals surface area contributed by atoms with Crippen molar-refractivity contribution in [2.75, 3.05) is 26.2 Å². The van der Waals surface area contributed by atoms with Gasteiger partial charge in [-0.3, -0.25) is 9.80 Å². The summed E-state index contributed by atoms with van der Waals surface area (Å²) < 4.78 is 44.5. The monoisotopic (exact) mass is 605 g/mol. The number of halogens is 4. The Morgan fingerprint density at radius 2 is 1.49 bits per heavy atom. The molecule has 6 rings (SSSR count). The van der Waals surface area contributed by atoms with Crippen molar-refractivity contribution in [1.29, 1.82) is 0 Å². The second-order valence-electron chi connectivity index (χ2n) is 10.9. The SMILES string of the molecule is [NH3+]Cc1cccc(-n2cc(-c3ccc(OC(F)(F)F)cc3)c3cc(CN4CCN(Cc5ccccc5Cl)CC4)ccc32)c1. The van der Waals surface area contributed by atoms with Gasteiger partial charge in [0.25, 0.3) is 0 Å². The third kappa shape index (κ3) is 6.89. The number of fused-ring (bicyclic) bond motifs is 1. The highest BCUT2D eigenvalue weighted by Gasteiger charge is 2.31. The van der Waals surface area contributed by atoms with Crippen molar-refractivity contribution >= 4 is 22.5 Å². The molecule has 5 nitrogen and oxygen atoms in total. The maximum Gasteiger partial charge on any atom is 0.573 e. The fourth-order valence-electron chi connectivity index (χ4n) is 5.75. The van der Waals surface area contributed by atoms with Crippen molar-refractivity contribution in [1.82, 2.24) is 14.4 Å². The minimum atomic E-state index is -4.73. The van der Waals surface area contributed by atoms with Crippen LogP contribution in [0.3, 0.4) is 0 Å². The Morgan fingerprint density at radius 1 is 0.767 bits per heavy atom. The lowest BCUT2D eigenvalue weighted by molar-refractivity contribution is -0.386. The largest absolute Gasteiger partial charge is 0.573 e. The zero-order chi connectivity index (χ0) is 30.0. The molecule has 0 amide bonds. The van der Waals surface area contributed by atoms with Gasteiger partial charge in [0, 0.05) is 72.7 Å². The first kappa shape index (κ1) is 29.3. The molecule has 1 aliphatic heterocycles. The average molecular weight is 606 g/mol. The van der Waals surface area contributed by atoms with E-state index < -0.39 is 6.36 Å². The molecule has 0 saturated carbocycles. The van der Waals surface area contributed by atoms with Crippen LogP contribution in [-0.4, -0.2) is 46.9 Å². The van der Waals surface area contributed by atoms with Gasteiger partial charge < -0.3 is 15.0 Å². The lowest BCUT2D eigenvalue weighted by Gasteiger charge is -2.35. The fourth-order valence-corrected chi connectivity index (χ4v) is 5.94. The molecule has 0 atom stereocenters. The fraction of sp³-hybridized carbons (Fsp3) is 0.235. The van der Waals surface area contributed by atoms with Crippen LogP contribution in [0.25, 0.3) is 27.7 Å². The predicted molar refractivity (Wildman–Crippen MR) is 164 cm³/mol. The molecular weight excluding hydrogens is 573 g/mol. The summed E-state index contributed by atoms with van der Waals surface area (Å²) in [6.45, 7) is 6.17. The van der Waals surface area contributed by atoms with Gasteiger partial charge in [0.2, 0.25) is 0 Å². The topological polar surface area (TPSA) is 48.3 Å². The van der Waals surface area contributed by atoms with E-state index in [1.165, 1.54) is 17.7 Å². The molecule has 1 saturated heterocycles. The maximum atomic E-state index is 12.8. The smallest absolute Gasteiger partial charge is 0.406 e. The first-order valence-corrected chi connectivity index (χ1v) is 14.7. The second-order valence-corrected chi connectivity index (χ2v) is 11.3. The van der Waals surface area contributed by atoms with Gasteiger partial charge in [0.05, 0.1) is 12.1 Å². The summed E-state index contributed by atoms with van der Waals surface area (Å²) >= 11 is 6.38. The van der Waals surface area contributed by atoms with Gasteiger partial charge in [-0.15, -0.1) is 13.2 Å². The van der Waals surface area contributed by atoms with Gasteiger partial charge in [0.1, 0.15) is 5.75 Å². The molecule has 1 aliphatic rings.